The maximum Gasteiger partial charge on any atom is 0.335 e. The number of carbonyl (C=O) groups excluding carboxylic acids is 3. The number of imide groups is 1. The maximum absolute atomic E-state index is 13.3. The highest BCUT2D eigenvalue weighted by Crippen LogP contribution is 2.28. The van der Waals surface area contributed by atoms with Crippen molar-refractivity contribution in [2.24, 2.45) is 0 Å². The molecule has 35 heavy (non-hydrogen) atoms. The van der Waals surface area contributed by atoms with Crippen LogP contribution >= 0.6 is 0 Å². The van der Waals surface area contributed by atoms with Gasteiger partial charge in [0.25, 0.3) is 11.8 Å². The molecular formula is C28H20N2O5. The van der Waals surface area contributed by atoms with Crippen LogP contribution in [0.25, 0.3) is 0 Å². The normalized spacial score (nSPS) is 13.3. The Labute approximate surface area is 201 Å². The fraction of sp³-hybridized carbons (Fsp3) is 0.0714. The number of carbonyl (C=O) groups is 3. The van der Waals surface area contributed by atoms with Gasteiger partial charge in [-0.05, 0) is 48.0 Å². The van der Waals surface area contributed by atoms with Gasteiger partial charge < -0.3 is 9.47 Å². The summed E-state index contributed by atoms with van der Waals surface area (Å²) in [5, 5.41) is 0. The summed E-state index contributed by atoms with van der Waals surface area (Å²) in [5.41, 5.74) is 1.35. The van der Waals surface area contributed by atoms with E-state index < -0.39 is 23.8 Å². The molecule has 1 aromatic heterocycles. The topological polar surface area (TPSA) is 85.8 Å². The second kappa shape index (κ2) is 9.61. The number of esters is 1. The third-order valence-electron chi connectivity index (χ3n) is 5.58. The van der Waals surface area contributed by atoms with E-state index in [9.17, 15) is 14.4 Å². The largest absolute Gasteiger partial charge is 0.439 e. The minimum atomic E-state index is -1.13. The fourth-order valence-electron chi connectivity index (χ4n) is 3.90. The molecule has 2 amide bonds. The summed E-state index contributed by atoms with van der Waals surface area (Å²) in [7, 11) is 0. The number of hydrogen-bond donors (Lipinski definition) is 0. The molecule has 3 aromatic carbocycles. The van der Waals surface area contributed by atoms with Crippen molar-refractivity contribution >= 4 is 17.8 Å². The zero-order valence-electron chi connectivity index (χ0n) is 18.5. The molecule has 0 bridgehead atoms. The summed E-state index contributed by atoms with van der Waals surface area (Å²) in [6.45, 7) is 0. The standard InChI is InChI=1S/C28H20N2O5/c31-26-22-10-4-5-11-23(22)27(32)30(26)24(18-19-8-2-1-3-9-19)28(33)35-21-15-13-20(14-16-21)34-25-12-6-7-17-29-25/h1-17,24H,18H2/t24-/m0/s1. The summed E-state index contributed by atoms with van der Waals surface area (Å²) in [4.78, 5) is 44.6. The van der Waals surface area contributed by atoms with E-state index in [-0.39, 0.29) is 23.3 Å². The van der Waals surface area contributed by atoms with Crippen LogP contribution in [0.1, 0.15) is 26.3 Å². The molecule has 7 heteroatoms. The van der Waals surface area contributed by atoms with Gasteiger partial charge in [0.2, 0.25) is 5.88 Å². The summed E-state index contributed by atoms with van der Waals surface area (Å²) in [5.74, 6) is -0.513. The number of rotatable bonds is 7. The predicted octanol–water partition coefficient (Wildman–Crippen LogP) is 4.69. The highest BCUT2D eigenvalue weighted by Gasteiger charge is 2.43. The van der Waals surface area contributed by atoms with Crippen molar-refractivity contribution in [3.63, 3.8) is 0 Å². The van der Waals surface area contributed by atoms with Crippen molar-refractivity contribution in [3.8, 4) is 17.4 Å². The number of benzene rings is 3. The van der Waals surface area contributed by atoms with Gasteiger partial charge in [-0.2, -0.15) is 0 Å². The quantitative estimate of drug-likeness (QED) is 0.224. The number of pyridine rings is 1. The molecule has 0 radical (unpaired) electrons. The first-order valence-electron chi connectivity index (χ1n) is 11.0. The minimum Gasteiger partial charge on any atom is -0.439 e. The summed E-state index contributed by atoms with van der Waals surface area (Å²) in [6, 6.07) is 26.4. The maximum atomic E-state index is 13.3. The van der Waals surface area contributed by atoms with Gasteiger partial charge in [0.05, 0.1) is 11.1 Å². The Kier molecular flexibility index (Phi) is 6.05. The van der Waals surface area contributed by atoms with Crippen LogP contribution in [0.4, 0.5) is 0 Å². The highest BCUT2D eigenvalue weighted by molar-refractivity contribution is 6.22. The molecular weight excluding hydrogens is 444 g/mol. The van der Waals surface area contributed by atoms with Crippen molar-refractivity contribution in [3.05, 3.63) is 120 Å². The van der Waals surface area contributed by atoms with Gasteiger partial charge in [-0.25, -0.2) is 9.78 Å². The van der Waals surface area contributed by atoms with Crippen LogP contribution in [-0.4, -0.2) is 33.7 Å². The van der Waals surface area contributed by atoms with Gasteiger partial charge in [0.15, 0.2) is 0 Å². The zero-order valence-corrected chi connectivity index (χ0v) is 18.5. The van der Waals surface area contributed by atoms with Crippen LogP contribution < -0.4 is 9.47 Å². The fourth-order valence-corrected chi connectivity index (χ4v) is 3.90. The molecule has 4 aromatic rings. The Morgan fingerprint density at radius 3 is 1.97 bits per heavy atom. The molecule has 0 saturated heterocycles. The predicted molar refractivity (Wildman–Crippen MR) is 127 cm³/mol. The Morgan fingerprint density at radius 1 is 0.743 bits per heavy atom. The number of aromatic nitrogens is 1. The van der Waals surface area contributed by atoms with E-state index >= 15 is 0 Å². The van der Waals surface area contributed by atoms with Crippen LogP contribution in [0, 0.1) is 0 Å². The average molecular weight is 464 g/mol. The van der Waals surface area contributed by atoms with Crippen molar-refractivity contribution in [1.82, 2.24) is 9.88 Å². The average Bonchev–Trinajstić information content (AvgIpc) is 3.15. The molecule has 0 aliphatic carbocycles. The van der Waals surface area contributed by atoms with E-state index in [1.54, 1.807) is 66.9 Å². The van der Waals surface area contributed by atoms with Gasteiger partial charge in [-0.1, -0.05) is 48.5 Å². The molecule has 1 atom stereocenters. The molecule has 0 fully saturated rings. The monoisotopic (exact) mass is 464 g/mol. The molecule has 0 N–H and O–H groups in total. The number of hydrogen-bond acceptors (Lipinski definition) is 6. The number of fused-ring (bicyclic) bond motifs is 1. The Bertz CT molecular complexity index is 1340. The third-order valence-corrected chi connectivity index (χ3v) is 5.58. The lowest BCUT2D eigenvalue weighted by Crippen LogP contribution is -2.48. The van der Waals surface area contributed by atoms with Gasteiger partial charge in [-0.3, -0.25) is 14.5 Å². The third kappa shape index (κ3) is 4.65. The lowest BCUT2D eigenvalue weighted by atomic mass is 10.0. The molecule has 7 nitrogen and oxygen atoms in total. The number of ether oxygens (including phenoxy) is 2. The number of nitrogens with zero attached hydrogens (tertiary/aromatic N) is 2. The smallest absolute Gasteiger partial charge is 0.335 e. The molecule has 5 rings (SSSR count). The van der Waals surface area contributed by atoms with Crippen LogP contribution in [0.15, 0.2) is 103 Å². The Hall–Kier alpha value is -4.78. The van der Waals surface area contributed by atoms with Crippen molar-refractivity contribution in [1.29, 1.82) is 0 Å². The zero-order chi connectivity index (χ0) is 24.2. The molecule has 0 saturated carbocycles. The molecule has 1 aliphatic heterocycles. The minimum absolute atomic E-state index is 0.131. The van der Waals surface area contributed by atoms with Crippen molar-refractivity contribution in [2.75, 3.05) is 0 Å². The van der Waals surface area contributed by atoms with Crippen LogP contribution in [-0.2, 0) is 11.2 Å². The highest BCUT2D eigenvalue weighted by atomic mass is 16.5. The van der Waals surface area contributed by atoms with E-state index in [2.05, 4.69) is 4.98 Å². The van der Waals surface area contributed by atoms with Gasteiger partial charge in [0, 0.05) is 18.7 Å². The van der Waals surface area contributed by atoms with E-state index in [1.807, 2.05) is 36.4 Å². The van der Waals surface area contributed by atoms with Crippen LogP contribution in [0.2, 0.25) is 0 Å². The molecule has 2 heterocycles. The van der Waals surface area contributed by atoms with E-state index in [1.165, 1.54) is 0 Å². The van der Waals surface area contributed by atoms with Gasteiger partial charge >= 0.3 is 5.97 Å². The summed E-state index contributed by atoms with van der Waals surface area (Å²) < 4.78 is 11.3. The lowest BCUT2D eigenvalue weighted by molar-refractivity contribution is -0.138. The van der Waals surface area contributed by atoms with Crippen LogP contribution in [0.5, 0.6) is 17.4 Å². The first-order valence-corrected chi connectivity index (χ1v) is 11.0. The van der Waals surface area contributed by atoms with Gasteiger partial charge in [0.1, 0.15) is 17.5 Å². The van der Waals surface area contributed by atoms with Crippen LogP contribution in [0.3, 0.4) is 0 Å². The number of amides is 2. The lowest BCUT2D eigenvalue weighted by Gasteiger charge is -2.24. The Balaban J connectivity index is 1.38. The SMILES string of the molecule is O=C(Oc1ccc(Oc2ccccn2)cc1)[C@H](Cc1ccccc1)N1C(=O)c2ccccc2C1=O. The molecule has 172 valence electrons. The van der Waals surface area contributed by atoms with Crippen molar-refractivity contribution < 1.29 is 23.9 Å². The van der Waals surface area contributed by atoms with Gasteiger partial charge in [-0.15, -0.1) is 0 Å². The molecule has 0 unspecified atom stereocenters. The van der Waals surface area contributed by atoms with Crippen molar-refractivity contribution in [2.45, 2.75) is 12.5 Å². The summed E-state index contributed by atoms with van der Waals surface area (Å²) >= 11 is 0. The first-order chi connectivity index (χ1) is 17.1. The summed E-state index contributed by atoms with van der Waals surface area (Å²) in [6.07, 6.45) is 1.75. The molecule has 1 aliphatic rings. The molecule has 0 spiro atoms. The second-order valence-electron chi connectivity index (χ2n) is 7.89. The van der Waals surface area contributed by atoms with E-state index in [0.29, 0.717) is 11.6 Å². The Morgan fingerprint density at radius 2 is 1.34 bits per heavy atom. The van der Waals surface area contributed by atoms with E-state index in [0.717, 1.165) is 10.5 Å². The van der Waals surface area contributed by atoms with E-state index in [4.69, 9.17) is 9.47 Å². The first kappa shape index (κ1) is 22.0. The second-order valence-corrected chi connectivity index (χ2v) is 7.89.